The number of hydrogen-bond donors (Lipinski definition) is 3. The number of nitrogens with zero attached hydrogens (tertiary/aromatic N) is 2. The van der Waals surface area contributed by atoms with Crippen molar-refractivity contribution in [2.24, 2.45) is 5.92 Å². The van der Waals surface area contributed by atoms with E-state index in [-0.39, 0.29) is 23.9 Å². The molecule has 0 bridgehead atoms. The summed E-state index contributed by atoms with van der Waals surface area (Å²) in [6.07, 6.45) is 3.30. The lowest BCUT2D eigenvalue weighted by Crippen LogP contribution is -2.54. The van der Waals surface area contributed by atoms with Crippen LogP contribution >= 0.6 is 0 Å². The van der Waals surface area contributed by atoms with Gasteiger partial charge in [-0.2, -0.15) is 0 Å². The number of H-pyrrole nitrogens is 1. The summed E-state index contributed by atoms with van der Waals surface area (Å²) in [5, 5.41) is 12.3. The first-order valence-electron chi connectivity index (χ1n) is 7.34. The first-order valence-corrected chi connectivity index (χ1v) is 7.34. The average Bonchev–Trinajstić information content (AvgIpc) is 2.93. The Hall–Kier alpha value is -1.89. The molecule has 3 N–H and O–H groups in total. The number of amides is 1. The van der Waals surface area contributed by atoms with E-state index in [4.69, 9.17) is 5.11 Å². The topological polar surface area (TPSA) is 98.3 Å². The third-order valence-electron chi connectivity index (χ3n) is 4.54. The van der Waals surface area contributed by atoms with Crippen molar-refractivity contribution in [1.82, 2.24) is 20.2 Å². The lowest BCUT2D eigenvalue weighted by Gasteiger charge is -2.39. The molecule has 0 saturated carbocycles. The average molecular weight is 292 g/mol. The van der Waals surface area contributed by atoms with Gasteiger partial charge < -0.3 is 15.0 Å². The van der Waals surface area contributed by atoms with Crippen molar-refractivity contribution < 1.29 is 14.7 Å². The summed E-state index contributed by atoms with van der Waals surface area (Å²) in [5.41, 5.74) is 1.98. The molecule has 0 aromatic carbocycles. The number of fused-ring (bicyclic) bond motifs is 1. The minimum absolute atomic E-state index is 0.0327. The van der Waals surface area contributed by atoms with E-state index in [1.54, 1.807) is 6.33 Å². The first-order chi connectivity index (χ1) is 10.1. The number of piperidine rings is 1. The van der Waals surface area contributed by atoms with Crippen molar-refractivity contribution in [2.45, 2.75) is 44.8 Å². The third-order valence-corrected chi connectivity index (χ3v) is 4.54. The largest absolute Gasteiger partial charge is 0.481 e. The van der Waals surface area contributed by atoms with E-state index >= 15 is 0 Å². The fraction of sp³-hybridized carbons (Fsp3) is 0.643. The van der Waals surface area contributed by atoms with E-state index in [1.165, 1.54) is 0 Å². The van der Waals surface area contributed by atoms with E-state index in [1.807, 2.05) is 11.8 Å². The SMILES string of the molecule is CC1CC(C(=O)O)CCN1C(=O)C1Cc2nc[nH]c2CN1. The molecule has 1 aromatic rings. The molecule has 7 heteroatoms. The van der Waals surface area contributed by atoms with Crippen molar-refractivity contribution in [3.63, 3.8) is 0 Å². The smallest absolute Gasteiger partial charge is 0.306 e. The molecule has 1 amide bonds. The van der Waals surface area contributed by atoms with Crippen LogP contribution in [0.25, 0.3) is 0 Å². The van der Waals surface area contributed by atoms with Crippen molar-refractivity contribution in [3.05, 3.63) is 17.7 Å². The fourth-order valence-corrected chi connectivity index (χ4v) is 3.27. The normalized spacial score (nSPS) is 29.0. The van der Waals surface area contributed by atoms with Crippen molar-refractivity contribution in [2.75, 3.05) is 6.54 Å². The van der Waals surface area contributed by atoms with Gasteiger partial charge in [0, 0.05) is 25.6 Å². The lowest BCUT2D eigenvalue weighted by atomic mass is 9.90. The van der Waals surface area contributed by atoms with Crippen LogP contribution in [0.2, 0.25) is 0 Å². The van der Waals surface area contributed by atoms with Crippen molar-refractivity contribution in [3.8, 4) is 0 Å². The second-order valence-corrected chi connectivity index (χ2v) is 5.91. The van der Waals surface area contributed by atoms with Gasteiger partial charge in [-0.05, 0) is 19.8 Å². The highest BCUT2D eigenvalue weighted by atomic mass is 16.4. The van der Waals surface area contributed by atoms with Gasteiger partial charge in [-0.15, -0.1) is 0 Å². The molecular weight excluding hydrogens is 272 g/mol. The summed E-state index contributed by atoms with van der Waals surface area (Å²) in [4.78, 5) is 32.8. The van der Waals surface area contributed by atoms with Gasteiger partial charge in [0.2, 0.25) is 5.91 Å². The second-order valence-electron chi connectivity index (χ2n) is 5.91. The van der Waals surface area contributed by atoms with Crippen molar-refractivity contribution >= 4 is 11.9 Å². The van der Waals surface area contributed by atoms with Gasteiger partial charge in [0.25, 0.3) is 0 Å². The van der Waals surface area contributed by atoms with Crippen LogP contribution in [0, 0.1) is 5.92 Å². The van der Waals surface area contributed by atoms with Crippen LogP contribution in [-0.2, 0) is 22.6 Å². The molecule has 3 heterocycles. The molecule has 2 aliphatic rings. The number of aromatic nitrogens is 2. The molecule has 0 spiro atoms. The van der Waals surface area contributed by atoms with E-state index in [0.29, 0.717) is 32.4 Å². The summed E-state index contributed by atoms with van der Waals surface area (Å²) in [5.74, 6) is -1.03. The van der Waals surface area contributed by atoms with E-state index < -0.39 is 5.97 Å². The van der Waals surface area contributed by atoms with Crippen LogP contribution in [0.1, 0.15) is 31.2 Å². The van der Waals surface area contributed by atoms with Crippen LogP contribution in [0.15, 0.2) is 6.33 Å². The van der Waals surface area contributed by atoms with Gasteiger partial charge in [-0.1, -0.05) is 0 Å². The molecule has 3 unspecified atom stereocenters. The molecule has 1 saturated heterocycles. The predicted octanol–water partition coefficient (Wildman–Crippen LogP) is 0.136. The number of carboxylic acids is 1. The highest BCUT2D eigenvalue weighted by Gasteiger charge is 2.36. The molecular formula is C14H20N4O3. The first kappa shape index (κ1) is 14.1. The Labute approximate surface area is 122 Å². The molecule has 1 aromatic heterocycles. The summed E-state index contributed by atoms with van der Waals surface area (Å²) >= 11 is 0. The zero-order chi connectivity index (χ0) is 15.0. The highest BCUT2D eigenvalue weighted by molar-refractivity contribution is 5.83. The van der Waals surface area contributed by atoms with Crippen molar-refractivity contribution in [1.29, 1.82) is 0 Å². The maximum absolute atomic E-state index is 12.6. The standard InChI is InChI=1S/C14H20N4O3/c1-8-4-9(14(20)21)2-3-18(8)13(19)11-5-10-12(6-15-11)17-7-16-10/h7-9,11,15H,2-6H2,1H3,(H,16,17)(H,20,21). The Bertz CT molecular complexity index is 556. The number of carbonyl (C=O) groups excluding carboxylic acids is 1. The molecule has 2 aliphatic heterocycles. The van der Waals surface area contributed by atoms with Gasteiger partial charge in [0.05, 0.1) is 29.7 Å². The quantitative estimate of drug-likeness (QED) is 0.720. The maximum atomic E-state index is 12.6. The number of imidazole rings is 1. The minimum atomic E-state index is -0.758. The molecule has 1 fully saturated rings. The predicted molar refractivity (Wildman–Crippen MR) is 74.5 cm³/mol. The minimum Gasteiger partial charge on any atom is -0.481 e. The summed E-state index contributed by atoms with van der Waals surface area (Å²) in [7, 11) is 0. The van der Waals surface area contributed by atoms with E-state index in [9.17, 15) is 9.59 Å². The number of carboxylic acid groups (broad SMARTS) is 1. The van der Waals surface area contributed by atoms with Gasteiger partial charge in [-0.3, -0.25) is 14.9 Å². The number of aromatic amines is 1. The van der Waals surface area contributed by atoms with Crippen LogP contribution in [0.5, 0.6) is 0 Å². The molecule has 3 rings (SSSR count). The molecule has 0 radical (unpaired) electrons. The Morgan fingerprint density at radius 2 is 2.29 bits per heavy atom. The number of nitrogens with one attached hydrogen (secondary N) is 2. The number of aliphatic carboxylic acids is 1. The zero-order valence-electron chi connectivity index (χ0n) is 12.0. The number of likely N-dealkylation sites (tertiary alicyclic amines) is 1. The van der Waals surface area contributed by atoms with Crippen LogP contribution in [0.3, 0.4) is 0 Å². The Morgan fingerprint density at radius 3 is 3.00 bits per heavy atom. The van der Waals surface area contributed by atoms with Gasteiger partial charge in [-0.25, -0.2) is 4.98 Å². The lowest BCUT2D eigenvalue weighted by molar-refractivity contribution is -0.148. The van der Waals surface area contributed by atoms with E-state index in [0.717, 1.165) is 11.4 Å². The summed E-state index contributed by atoms with van der Waals surface area (Å²) in [6.45, 7) is 3.06. The number of rotatable bonds is 2. The van der Waals surface area contributed by atoms with Crippen LogP contribution in [-0.4, -0.2) is 50.5 Å². The third kappa shape index (κ3) is 2.65. The summed E-state index contributed by atoms with van der Waals surface area (Å²) < 4.78 is 0. The van der Waals surface area contributed by atoms with Gasteiger partial charge in [0.1, 0.15) is 0 Å². The van der Waals surface area contributed by atoms with Gasteiger partial charge >= 0.3 is 5.97 Å². The zero-order valence-corrected chi connectivity index (χ0v) is 12.0. The molecule has 114 valence electrons. The molecule has 0 aliphatic carbocycles. The Balaban J connectivity index is 1.65. The Kier molecular flexibility index (Phi) is 3.67. The number of hydrogen-bond acceptors (Lipinski definition) is 4. The fourth-order valence-electron chi connectivity index (χ4n) is 3.27. The number of carbonyl (C=O) groups is 2. The Morgan fingerprint density at radius 1 is 1.48 bits per heavy atom. The highest BCUT2D eigenvalue weighted by Crippen LogP contribution is 2.24. The monoisotopic (exact) mass is 292 g/mol. The van der Waals surface area contributed by atoms with E-state index in [2.05, 4.69) is 15.3 Å². The molecule has 21 heavy (non-hydrogen) atoms. The van der Waals surface area contributed by atoms with Gasteiger partial charge in [0.15, 0.2) is 0 Å². The summed E-state index contributed by atoms with van der Waals surface area (Å²) in [6, 6.07) is -0.292. The second kappa shape index (κ2) is 5.48. The molecule has 3 atom stereocenters. The van der Waals surface area contributed by atoms with Crippen LogP contribution in [0.4, 0.5) is 0 Å². The maximum Gasteiger partial charge on any atom is 0.306 e. The molecule has 7 nitrogen and oxygen atoms in total. The van der Waals surface area contributed by atoms with Crippen LogP contribution < -0.4 is 5.32 Å².